The highest BCUT2D eigenvalue weighted by Crippen LogP contribution is 2.43. The van der Waals surface area contributed by atoms with Crippen molar-refractivity contribution in [3.05, 3.63) is 29.3 Å². The van der Waals surface area contributed by atoms with Gasteiger partial charge in [0.15, 0.2) is 6.29 Å². The van der Waals surface area contributed by atoms with Crippen LogP contribution in [0.15, 0.2) is 18.2 Å². The molecular weight excluding hydrogens is 285 g/mol. The first-order chi connectivity index (χ1) is 9.48. The molecule has 0 amide bonds. The Bertz CT molecular complexity index is 523. The molecule has 0 aliphatic heterocycles. The van der Waals surface area contributed by atoms with E-state index in [0.29, 0.717) is 11.3 Å². The Balaban J connectivity index is 3.30. The first kappa shape index (κ1) is 17.5. The molecule has 0 fully saturated rings. The minimum atomic E-state index is -5.02. The standard InChI is InChI=1S/C15H19F3O3/c1-10-6-5-7-11(12(10)21-4)13(2,3)8-14(20,9-19)15(16,17)18/h5-7,9,20H,8H2,1-4H3. The van der Waals surface area contributed by atoms with Crippen LogP contribution >= 0.6 is 0 Å². The van der Waals surface area contributed by atoms with Gasteiger partial charge in [-0.1, -0.05) is 32.0 Å². The van der Waals surface area contributed by atoms with Crippen LogP contribution in [0, 0.1) is 6.92 Å². The van der Waals surface area contributed by atoms with Crippen LogP contribution in [0.4, 0.5) is 13.2 Å². The number of methoxy groups -OCH3 is 1. The van der Waals surface area contributed by atoms with Crippen LogP contribution in [0.2, 0.25) is 0 Å². The molecule has 3 nitrogen and oxygen atoms in total. The molecule has 1 aromatic rings. The molecule has 6 heteroatoms. The highest BCUT2D eigenvalue weighted by atomic mass is 19.4. The number of aliphatic hydroxyl groups is 1. The van der Waals surface area contributed by atoms with Crippen LogP contribution < -0.4 is 4.74 Å². The van der Waals surface area contributed by atoms with Crippen LogP contribution in [-0.4, -0.2) is 30.3 Å². The Morgan fingerprint density at radius 1 is 1.29 bits per heavy atom. The zero-order chi connectivity index (χ0) is 16.5. The van der Waals surface area contributed by atoms with Crippen LogP contribution in [0.1, 0.15) is 31.4 Å². The van der Waals surface area contributed by atoms with Crippen molar-refractivity contribution in [2.24, 2.45) is 0 Å². The summed E-state index contributed by atoms with van der Waals surface area (Å²) in [5.74, 6) is 0.456. The number of halogens is 3. The van der Waals surface area contributed by atoms with Gasteiger partial charge in [-0.05, 0) is 17.9 Å². The number of benzene rings is 1. The van der Waals surface area contributed by atoms with Gasteiger partial charge >= 0.3 is 6.18 Å². The fraction of sp³-hybridized carbons (Fsp3) is 0.533. The molecule has 1 unspecified atom stereocenters. The van der Waals surface area contributed by atoms with E-state index in [0.717, 1.165) is 5.56 Å². The second-order valence-electron chi connectivity index (χ2n) is 5.76. The Labute approximate surface area is 121 Å². The Kier molecular flexibility index (Phi) is 4.73. The minimum absolute atomic E-state index is 0.447. The summed E-state index contributed by atoms with van der Waals surface area (Å²) in [5, 5.41) is 9.65. The summed E-state index contributed by atoms with van der Waals surface area (Å²) in [7, 11) is 1.43. The molecule has 118 valence electrons. The Morgan fingerprint density at radius 2 is 1.86 bits per heavy atom. The largest absolute Gasteiger partial charge is 0.496 e. The van der Waals surface area contributed by atoms with Gasteiger partial charge in [0.1, 0.15) is 5.75 Å². The smallest absolute Gasteiger partial charge is 0.424 e. The van der Waals surface area contributed by atoms with Gasteiger partial charge in [-0.2, -0.15) is 13.2 Å². The van der Waals surface area contributed by atoms with Crippen molar-refractivity contribution in [2.75, 3.05) is 7.11 Å². The maximum atomic E-state index is 12.9. The van der Waals surface area contributed by atoms with E-state index in [9.17, 15) is 23.1 Å². The maximum Gasteiger partial charge on any atom is 0.424 e. The van der Waals surface area contributed by atoms with E-state index in [1.165, 1.54) is 21.0 Å². The van der Waals surface area contributed by atoms with Gasteiger partial charge in [0.2, 0.25) is 5.60 Å². The summed E-state index contributed by atoms with van der Waals surface area (Å²) in [6.45, 7) is 4.84. The molecule has 0 bridgehead atoms. The van der Waals surface area contributed by atoms with Crippen LogP contribution in [0.3, 0.4) is 0 Å². The molecule has 1 aromatic carbocycles. The van der Waals surface area contributed by atoms with Crippen molar-refractivity contribution in [1.82, 2.24) is 0 Å². The summed E-state index contributed by atoms with van der Waals surface area (Å²) in [5.41, 5.74) is -3.22. The van der Waals surface area contributed by atoms with E-state index >= 15 is 0 Å². The summed E-state index contributed by atoms with van der Waals surface area (Å²) < 4.78 is 43.9. The Hall–Kier alpha value is -1.56. The predicted molar refractivity (Wildman–Crippen MR) is 72.4 cm³/mol. The molecule has 0 aliphatic carbocycles. The molecular formula is C15H19F3O3. The number of rotatable bonds is 5. The average Bonchev–Trinajstić information content (AvgIpc) is 2.36. The third-order valence-electron chi connectivity index (χ3n) is 3.54. The van der Waals surface area contributed by atoms with E-state index in [-0.39, 0.29) is 0 Å². The summed E-state index contributed by atoms with van der Waals surface area (Å²) in [6.07, 6.45) is -6.26. The predicted octanol–water partition coefficient (Wildman–Crippen LogP) is 3.16. The zero-order valence-corrected chi connectivity index (χ0v) is 12.4. The SMILES string of the molecule is COc1c(C)cccc1C(C)(C)CC(O)(C=O)C(F)(F)F. The number of carbonyl (C=O) groups excluding carboxylic acids is 1. The van der Waals surface area contributed by atoms with Gasteiger partial charge < -0.3 is 9.84 Å². The quantitative estimate of drug-likeness (QED) is 0.850. The summed E-state index contributed by atoms with van der Waals surface area (Å²) in [4.78, 5) is 10.8. The van der Waals surface area contributed by atoms with Gasteiger partial charge in [-0.25, -0.2) is 0 Å². The average molecular weight is 304 g/mol. The second kappa shape index (κ2) is 5.67. The van der Waals surface area contributed by atoms with Crippen molar-refractivity contribution in [3.8, 4) is 5.75 Å². The first-order valence-corrected chi connectivity index (χ1v) is 6.38. The number of ether oxygens (including phenoxy) is 1. The molecule has 0 spiro atoms. The molecule has 0 heterocycles. The molecule has 21 heavy (non-hydrogen) atoms. The number of carbonyl (C=O) groups is 1. The third kappa shape index (κ3) is 3.37. The lowest BCUT2D eigenvalue weighted by Crippen LogP contribution is -2.50. The van der Waals surface area contributed by atoms with Crippen LogP contribution in [-0.2, 0) is 10.2 Å². The normalized spacial score (nSPS) is 15.4. The Morgan fingerprint density at radius 3 is 2.29 bits per heavy atom. The van der Waals surface area contributed by atoms with E-state index < -0.39 is 29.9 Å². The van der Waals surface area contributed by atoms with Crippen molar-refractivity contribution >= 4 is 6.29 Å². The molecule has 0 saturated heterocycles. The molecule has 0 radical (unpaired) electrons. The van der Waals surface area contributed by atoms with Gasteiger partial charge in [0.05, 0.1) is 7.11 Å². The third-order valence-corrected chi connectivity index (χ3v) is 3.54. The number of para-hydroxylation sites is 1. The number of hydrogen-bond acceptors (Lipinski definition) is 3. The number of aldehydes is 1. The number of aryl methyl sites for hydroxylation is 1. The van der Waals surface area contributed by atoms with E-state index in [4.69, 9.17) is 4.74 Å². The summed E-state index contributed by atoms with van der Waals surface area (Å²) in [6, 6.07) is 5.10. The van der Waals surface area contributed by atoms with Crippen molar-refractivity contribution in [2.45, 2.75) is 44.4 Å². The fourth-order valence-electron chi connectivity index (χ4n) is 2.43. The van der Waals surface area contributed by atoms with Crippen molar-refractivity contribution in [3.63, 3.8) is 0 Å². The van der Waals surface area contributed by atoms with Gasteiger partial charge in [0.25, 0.3) is 0 Å². The second-order valence-corrected chi connectivity index (χ2v) is 5.76. The lowest BCUT2D eigenvalue weighted by Gasteiger charge is -2.35. The molecule has 1 atom stereocenters. The molecule has 0 aliphatic rings. The lowest BCUT2D eigenvalue weighted by molar-refractivity contribution is -0.250. The van der Waals surface area contributed by atoms with E-state index in [2.05, 4.69) is 0 Å². The summed E-state index contributed by atoms with van der Waals surface area (Å²) >= 11 is 0. The van der Waals surface area contributed by atoms with Gasteiger partial charge in [0, 0.05) is 12.0 Å². The van der Waals surface area contributed by atoms with Crippen molar-refractivity contribution in [1.29, 1.82) is 0 Å². The maximum absolute atomic E-state index is 12.9. The molecule has 0 saturated carbocycles. The number of alkyl halides is 3. The monoisotopic (exact) mass is 304 g/mol. The van der Waals surface area contributed by atoms with Crippen molar-refractivity contribution < 1.29 is 27.8 Å². The highest BCUT2D eigenvalue weighted by molar-refractivity contribution is 5.64. The first-order valence-electron chi connectivity index (χ1n) is 6.38. The number of hydrogen-bond donors (Lipinski definition) is 1. The topological polar surface area (TPSA) is 46.5 Å². The van der Waals surface area contributed by atoms with E-state index in [1.807, 2.05) is 0 Å². The van der Waals surface area contributed by atoms with Crippen LogP contribution in [0.25, 0.3) is 0 Å². The molecule has 0 aromatic heterocycles. The molecule has 1 rings (SSSR count). The zero-order valence-electron chi connectivity index (χ0n) is 12.4. The minimum Gasteiger partial charge on any atom is -0.496 e. The lowest BCUT2D eigenvalue weighted by atomic mass is 9.74. The van der Waals surface area contributed by atoms with Gasteiger partial charge in [-0.3, -0.25) is 4.79 Å². The van der Waals surface area contributed by atoms with E-state index in [1.54, 1.807) is 25.1 Å². The van der Waals surface area contributed by atoms with Crippen LogP contribution in [0.5, 0.6) is 5.75 Å². The molecule has 1 N–H and O–H groups in total. The highest BCUT2D eigenvalue weighted by Gasteiger charge is 2.56. The fourth-order valence-corrected chi connectivity index (χ4v) is 2.43. The van der Waals surface area contributed by atoms with Gasteiger partial charge in [-0.15, -0.1) is 0 Å².